The first-order valence-electron chi connectivity index (χ1n) is 7.66. The van der Waals surface area contributed by atoms with Gasteiger partial charge in [-0.05, 0) is 24.9 Å². The van der Waals surface area contributed by atoms with Crippen LogP contribution in [0.25, 0.3) is 0 Å². The van der Waals surface area contributed by atoms with Gasteiger partial charge in [-0.3, -0.25) is 9.58 Å². The van der Waals surface area contributed by atoms with Gasteiger partial charge >= 0.3 is 5.97 Å². The van der Waals surface area contributed by atoms with Gasteiger partial charge in [0.15, 0.2) is 0 Å². The molecule has 1 aliphatic rings. The summed E-state index contributed by atoms with van der Waals surface area (Å²) in [5.74, 6) is -0.278. The lowest BCUT2D eigenvalue weighted by Crippen LogP contribution is -2.40. The van der Waals surface area contributed by atoms with Crippen molar-refractivity contribution in [2.75, 3.05) is 13.1 Å². The maximum Gasteiger partial charge on any atom is 0.341 e. The summed E-state index contributed by atoms with van der Waals surface area (Å²) in [5, 5.41) is 4.01. The lowest BCUT2D eigenvalue weighted by Gasteiger charge is -2.32. The summed E-state index contributed by atoms with van der Waals surface area (Å²) in [6.45, 7) is 2.75. The molecule has 1 aromatic heterocycles. The highest BCUT2D eigenvalue weighted by molar-refractivity contribution is 5.88. The second-order valence-electron chi connectivity index (χ2n) is 5.79. The van der Waals surface area contributed by atoms with Crippen LogP contribution in [0.5, 0.6) is 0 Å². The Balaban J connectivity index is 1.55. The summed E-state index contributed by atoms with van der Waals surface area (Å²) in [6.07, 6.45) is 5.18. The average molecular weight is 299 g/mol. The average Bonchev–Trinajstić information content (AvgIpc) is 2.95. The highest BCUT2D eigenvalue weighted by Crippen LogP contribution is 2.17. The Bertz CT molecular complexity index is 624. The standard InChI is InChI=1S/C17H21N3O2/c1-19-12-15(10-18-19)17(21)22-16-8-5-9-20(13-16)11-14-6-3-2-4-7-14/h2-4,6-7,10,12,16H,5,8-9,11,13H2,1H3/t16-/m1/s1. The van der Waals surface area contributed by atoms with Gasteiger partial charge in [-0.2, -0.15) is 5.10 Å². The lowest BCUT2D eigenvalue weighted by molar-refractivity contribution is 0.00560. The summed E-state index contributed by atoms with van der Waals surface area (Å²) in [6, 6.07) is 10.4. The van der Waals surface area contributed by atoms with Gasteiger partial charge in [-0.1, -0.05) is 30.3 Å². The highest BCUT2D eigenvalue weighted by Gasteiger charge is 2.24. The van der Waals surface area contributed by atoms with Gasteiger partial charge < -0.3 is 4.74 Å². The number of aromatic nitrogens is 2. The zero-order chi connectivity index (χ0) is 15.4. The molecule has 2 aromatic rings. The molecular formula is C17H21N3O2. The van der Waals surface area contributed by atoms with E-state index in [1.54, 1.807) is 24.1 Å². The third kappa shape index (κ3) is 3.74. The third-order valence-electron chi connectivity index (χ3n) is 3.93. The minimum atomic E-state index is -0.278. The second-order valence-corrected chi connectivity index (χ2v) is 5.79. The van der Waals surface area contributed by atoms with Crippen molar-refractivity contribution < 1.29 is 9.53 Å². The normalized spacial score (nSPS) is 19.0. The molecular weight excluding hydrogens is 278 g/mol. The maximum absolute atomic E-state index is 12.1. The number of nitrogens with zero attached hydrogens (tertiary/aromatic N) is 3. The number of hydrogen-bond donors (Lipinski definition) is 0. The van der Waals surface area contributed by atoms with Crippen LogP contribution in [0.2, 0.25) is 0 Å². The van der Waals surface area contributed by atoms with E-state index in [0.29, 0.717) is 5.56 Å². The number of likely N-dealkylation sites (tertiary alicyclic amines) is 1. The topological polar surface area (TPSA) is 47.4 Å². The van der Waals surface area contributed by atoms with Crippen molar-refractivity contribution in [2.24, 2.45) is 7.05 Å². The fourth-order valence-corrected chi connectivity index (χ4v) is 2.84. The van der Waals surface area contributed by atoms with Gasteiger partial charge in [-0.15, -0.1) is 0 Å². The minimum absolute atomic E-state index is 0.0369. The number of carbonyl (C=O) groups is 1. The van der Waals surface area contributed by atoms with E-state index in [9.17, 15) is 4.79 Å². The van der Waals surface area contributed by atoms with Crippen LogP contribution in [0, 0.1) is 0 Å². The number of ether oxygens (including phenoxy) is 1. The Hall–Kier alpha value is -2.14. The molecule has 2 heterocycles. The van der Waals surface area contributed by atoms with Gasteiger partial charge in [0.25, 0.3) is 0 Å². The predicted molar refractivity (Wildman–Crippen MR) is 83.4 cm³/mol. The number of benzene rings is 1. The van der Waals surface area contributed by atoms with Crippen molar-refractivity contribution >= 4 is 5.97 Å². The van der Waals surface area contributed by atoms with Crippen molar-refractivity contribution in [3.05, 3.63) is 53.9 Å². The van der Waals surface area contributed by atoms with E-state index >= 15 is 0 Å². The van der Waals surface area contributed by atoms with Crippen LogP contribution < -0.4 is 0 Å². The molecule has 5 heteroatoms. The molecule has 1 saturated heterocycles. The number of carbonyl (C=O) groups excluding carboxylic acids is 1. The number of piperidine rings is 1. The van der Waals surface area contributed by atoms with Crippen LogP contribution in [-0.2, 0) is 18.3 Å². The van der Waals surface area contributed by atoms with E-state index in [-0.39, 0.29) is 12.1 Å². The van der Waals surface area contributed by atoms with Crippen molar-refractivity contribution in [3.63, 3.8) is 0 Å². The summed E-state index contributed by atoms with van der Waals surface area (Å²) in [4.78, 5) is 14.4. The Morgan fingerprint density at radius 2 is 2.18 bits per heavy atom. The van der Waals surface area contributed by atoms with Crippen LogP contribution in [0.3, 0.4) is 0 Å². The molecule has 1 aromatic carbocycles. The first-order chi connectivity index (χ1) is 10.7. The second kappa shape index (κ2) is 6.75. The Kier molecular flexibility index (Phi) is 4.53. The van der Waals surface area contributed by atoms with E-state index in [2.05, 4.69) is 34.3 Å². The molecule has 0 saturated carbocycles. The number of esters is 1. The van der Waals surface area contributed by atoms with Gasteiger partial charge in [-0.25, -0.2) is 4.79 Å². The van der Waals surface area contributed by atoms with E-state index in [1.807, 2.05) is 6.07 Å². The zero-order valence-electron chi connectivity index (χ0n) is 12.8. The molecule has 0 radical (unpaired) electrons. The van der Waals surface area contributed by atoms with Crippen molar-refractivity contribution in [1.82, 2.24) is 14.7 Å². The molecule has 3 rings (SSSR count). The summed E-state index contributed by atoms with van der Waals surface area (Å²) in [5.41, 5.74) is 1.81. The summed E-state index contributed by atoms with van der Waals surface area (Å²) < 4.78 is 7.24. The lowest BCUT2D eigenvalue weighted by atomic mass is 10.1. The van der Waals surface area contributed by atoms with Crippen molar-refractivity contribution in [1.29, 1.82) is 0 Å². The first kappa shape index (κ1) is 14.8. The van der Waals surface area contributed by atoms with Crippen LogP contribution in [0.1, 0.15) is 28.8 Å². The smallest absolute Gasteiger partial charge is 0.341 e. The van der Waals surface area contributed by atoms with Crippen LogP contribution in [0.4, 0.5) is 0 Å². The molecule has 0 unspecified atom stereocenters. The minimum Gasteiger partial charge on any atom is -0.457 e. The zero-order valence-corrected chi connectivity index (χ0v) is 12.8. The van der Waals surface area contributed by atoms with Crippen LogP contribution in [-0.4, -0.2) is 39.8 Å². The summed E-state index contributed by atoms with van der Waals surface area (Å²) in [7, 11) is 1.79. The van der Waals surface area contributed by atoms with Gasteiger partial charge in [0.05, 0.1) is 11.8 Å². The van der Waals surface area contributed by atoms with E-state index in [4.69, 9.17) is 4.74 Å². The van der Waals surface area contributed by atoms with E-state index in [1.165, 1.54) is 5.56 Å². The molecule has 116 valence electrons. The molecule has 0 N–H and O–H groups in total. The molecule has 0 spiro atoms. The number of aryl methyl sites for hydroxylation is 1. The van der Waals surface area contributed by atoms with Crippen LogP contribution in [0.15, 0.2) is 42.7 Å². The Morgan fingerprint density at radius 1 is 1.36 bits per heavy atom. The van der Waals surface area contributed by atoms with E-state index in [0.717, 1.165) is 32.5 Å². The number of hydrogen-bond acceptors (Lipinski definition) is 4. The molecule has 0 bridgehead atoms. The van der Waals surface area contributed by atoms with Crippen molar-refractivity contribution in [2.45, 2.75) is 25.5 Å². The monoisotopic (exact) mass is 299 g/mol. The molecule has 0 amide bonds. The number of rotatable bonds is 4. The van der Waals surface area contributed by atoms with Gasteiger partial charge in [0.1, 0.15) is 6.10 Å². The SMILES string of the molecule is Cn1cc(C(=O)O[C@@H]2CCCN(Cc3ccccc3)C2)cn1. The van der Waals surface area contributed by atoms with E-state index < -0.39 is 0 Å². The molecule has 0 aliphatic carbocycles. The van der Waals surface area contributed by atoms with Gasteiger partial charge in [0, 0.05) is 26.3 Å². The molecule has 5 nitrogen and oxygen atoms in total. The fourth-order valence-electron chi connectivity index (χ4n) is 2.84. The largest absolute Gasteiger partial charge is 0.457 e. The first-order valence-corrected chi connectivity index (χ1v) is 7.66. The molecule has 1 fully saturated rings. The summed E-state index contributed by atoms with van der Waals surface area (Å²) >= 11 is 0. The third-order valence-corrected chi connectivity index (χ3v) is 3.93. The molecule has 1 aliphatic heterocycles. The maximum atomic E-state index is 12.1. The van der Waals surface area contributed by atoms with Gasteiger partial charge in [0.2, 0.25) is 0 Å². The highest BCUT2D eigenvalue weighted by atomic mass is 16.5. The molecule has 22 heavy (non-hydrogen) atoms. The fraction of sp³-hybridized carbons (Fsp3) is 0.412. The predicted octanol–water partition coefficient (Wildman–Crippen LogP) is 2.24. The molecule has 1 atom stereocenters. The van der Waals surface area contributed by atoms with Crippen molar-refractivity contribution in [3.8, 4) is 0 Å². The quantitative estimate of drug-likeness (QED) is 0.812. The Morgan fingerprint density at radius 3 is 2.91 bits per heavy atom. The van der Waals surface area contributed by atoms with Crippen LogP contribution >= 0.6 is 0 Å². The Labute approximate surface area is 130 Å².